The first-order valence-electron chi connectivity index (χ1n) is 5.54. The molecule has 5 nitrogen and oxygen atoms in total. The number of aromatic nitrogens is 1. The van der Waals surface area contributed by atoms with Crippen molar-refractivity contribution in [3.63, 3.8) is 0 Å². The predicted octanol–water partition coefficient (Wildman–Crippen LogP) is 1.45. The van der Waals surface area contributed by atoms with E-state index in [-0.39, 0.29) is 17.9 Å². The van der Waals surface area contributed by atoms with Crippen LogP contribution in [0.4, 0.5) is 4.39 Å². The molecule has 0 aromatic carbocycles. The van der Waals surface area contributed by atoms with Crippen LogP contribution in [0.5, 0.6) is 0 Å². The third kappa shape index (κ3) is 4.12. The summed E-state index contributed by atoms with van der Waals surface area (Å²) in [7, 11) is 0. The van der Waals surface area contributed by atoms with Crippen LogP contribution in [-0.2, 0) is 4.79 Å². The number of halogens is 1. The van der Waals surface area contributed by atoms with Crippen LogP contribution < -0.4 is 5.32 Å². The number of pyridine rings is 1. The highest BCUT2D eigenvalue weighted by atomic mass is 19.1. The molecule has 0 aliphatic heterocycles. The van der Waals surface area contributed by atoms with E-state index >= 15 is 0 Å². The average Bonchev–Trinajstić information content (AvgIpc) is 2.28. The van der Waals surface area contributed by atoms with Crippen molar-refractivity contribution in [2.24, 2.45) is 5.92 Å². The Hall–Kier alpha value is -1.98. The molecule has 0 saturated carbocycles. The lowest BCUT2D eigenvalue weighted by Crippen LogP contribution is -2.40. The van der Waals surface area contributed by atoms with Gasteiger partial charge in [0.05, 0.1) is 12.0 Å². The van der Waals surface area contributed by atoms with Crippen molar-refractivity contribution >= 4 is 11.9 Å². The Morgan fingerprint density at radius 3 is 2.56 bits per heavy atom. The van der Waals surface area contributed by atoms with Crippen molar-refractivity contribution in [1.82, 2.24) is 10.3 Å². The van der Waals surface area contributed by atoms with Gasteiger partial charge in [0, 0.05) is 12.2 Å². The number of hydrogen-bond acceptors (Lipinski definition) is 3. The van der Waals surface area contributed by atoms with Gasteiger partial charge in [-0.05, 0) is 18.1 Å². The summed E-state index contributed by atoms with van der Waals surface area (Å²) in [6.45, 7) is 3.63. The van der Waals surface area contributed by atoms with Gasteiger partial charge in [0.2, 0.25) is 5.95 Å². The van der Waals surface area contributed by atoms with E-state index in [0.717, 1.165) is 12.3 Å². The van der Waals surface area contributed by atoms with E-state index in [9.17, 15) is 14.0 Å². The minimum atomic E-state index is -0.980. The maximum atomic E-state index is 12.6. The molecule has 0 aliphatic rings. The Balaban J connectivity index is 2.72. The molecule has 0 radical (unpaired) electrons. The summed E-state index contributed by atoms with van der Waals surface area (Å²) in [6.07, 6.45) is 0.959. The second kappa shape index (κ2) is 6.09. The molecule has 1 aromatic rings. The number of carbonyl (C=O) groups is 2. The lowest BCUT2D eigenvalue weighted by atomic mass is 10.0. The van der Waals surface area contributed by atoms with E-state index in [4.69, 9.17) is 5.11 Å². The summed E-state index contributed by atoms with van der Waals surface area (Å²) in [5.74, 6) is -2.12. The number of hydrogen-bond donors (Lipinski definition) is 2. The molecule has 1 amide bonds. The number of rotatable bonds is 5. The van der Waals surface area contributed by atoms with Crippen LogP contribution in [0, 0.1) is 11.9 Å². The highest BCUT2D eigenvalue weighted by Gasteiger charge is 2.20. The van der Waals surface area contributed by atoms with Gasteiger partial charge in [-0.3, -0.25) is 9.59 Å². The zero-order chi connectivity index (χ0) is 13.7. The van der Waals surface area contributed by atoms with E-state index < -0.39 is 23.9 Å². The smallest absolute Gasteiger partial charge is 0.305 e. The van der Waals surface area contributed by atoms with E-state index in [1.807, 2.05) is 13.8 Å². The van der Waals surface area contributed by atoms with Gasteiger partial charge in [-0.2, -0.15) is 4.39 Å². The van der Waals surface area contributed by atoms with E-state index in [2.05, 4.69) is 10.3 Å². The van der Waals surface area contributed by atoms with Gasteiger partial charge >= 0.3 is 5.97 Å². The van der Waals surface area contributed by atoms with Crippen molar-refractivity contribution in [1.29, 1.82) is 0 Å². The molecule has 1 heterocycles. The Kier molecular flexibility index (Phi) is 4.76. The van der Waals surface area contributed by atoms with Crippen molar-refractivity contribution < 1.29 is 19.1 Å². The van der Waals surface area contributed by atoms with Gasteiger partial charge in [0.15, 0.2) is 0 Å². The first-order chi connectivity index (χ1) is 8.40. The minimum Gasteiger partial charge on any atom is -0.481 e. The molecule has 2 N–H and O–H groups in total. The van der Waals surface area contributed by atoms with Crippen LogP contribution >= 0.6 is 0 Å². The van der Waals surface area contributed by atoms with Gasteiger partial charge in [-0.25, -0.2) is 4.98 Å². The van der Waals surface area contributed by atoms with Gasteiger partial charge in [0.25, 0.3) is 5.91 Å². The normalized spacial score (nSPS) is 12.2. The number of amides is 1. The van der Waals surface area contributed by atoms with Crippen molar-refractivity contribution in [2.75, 3.05) is 0 Å². The third-order valence-corrected chi connectivity index (χ3v) is 2.51. The molecule has 0 spiro atoms. The quantitative estimate of drug-likeness (QED) is 0.779. The second-order valence-corrected chi connectivity index (χ2v) is 4.29. The molecule has 18 heavy (non-hydrogen) atoms. The van der Waals surface area contributed by atoms with Gasteiger partial charge in [-0.1, -0.05) is 13.8 Å². The molecule has 0 bridgehead atoms. The summed E-state index contributed by atoms with van der Waals surface area (Å²) >= 11 is 0. The monoisotopic (exact) mass is 254 g/mol. The molecular weight excluding hydrogens is 239 g/mol. The topological polar surface area (TPSA) is 79.3 Å². The number of nitrogens with one attached hydrogen (secondary N) is 1. The number of carbonyl (C=O) groups excluding carboxylic acids is 1. The summed E-state index contributed by atoms with van der Waals surface area (Å²) in [5, 5.41) is 11.3. The average molecular weight is 254 g/mol. The molecular formula is C12H15FN2O3. The number of aliphatic carboxylic acids is 1. The molecule has 0 aliphatic carbocycles. The molecule has 6 heteroatoms. The predicted molar refractivity (Wildman–Crippen MR) is 62.5 cm³/mol. The SMILES string of the molecule is CC(C)C(CC(=O)O)NC(=O)c1ccc(F)nc1. The van der Waals surface area contributed by atoms with Crippen LogP contribution in [0.15, 0.2) is 18.3 Å². The first kappa shape index (κ1) is 14.1. The molecule has 1 atom stereocenters. The fraction of sp³-hybridized carbons (Fsp3) is 0.417. The first-order valence-corrected chi connectivity index (χ1v) is 5.54. The van der Waals surface area contributed by atoms with Crippen LogP contribution in [0.2, 0.25) is 0 Å². The van der Waals surface area contributed by atoms with Crippen molar-refractivity contribution in [2.45, 2.75) is 26.3 Å². The molecule has 0 fully saturated rings. The van der Waals surface area contributed by atoms with Crippen LogP contribution in [0.3, 0.4) is 0 Å². The molecule has 0 saturated heterocycles. The fourth-order valence-corrected chi connectivity index (χ4v) is 1.40. The van der Waals surface area contributed by atoms with E-state index in [0.29, 0.717) is 0 Å². The largest absolute Gasteiger partial charge is 0.481 e. The third-order valence-electron chi connectivity index (χ3n) is 2.51. The Morgan fingerprint density at radius 1 is 1.44 bits per heavy atom. The molecule has 1 unspecified atom stereocenters. The highest BCUT2D eigenvalue weighted by molar-refractivity contribution is 5.94. The Morgan fingerprint density at radius 2 is 2.11 bits per heavy atom. The number of carboxylic acids is 1. The molecule has 1 aromatic heterocycles. The van der Waals surface area contributed by atoms with Crippen LogP contribution in [-0.4, -0.2) is 28.0 Å². The minimum absolute atomic E-state index is 0.0153. The zero-order valence-corrected chi connectivity index (χ0v) is 10.2. The maximum absolute atomic E-state index is 12.6. The number of nitrogens with zero attached hydrogens (tertiary/aromatic N) is 1. The summed E-state index contributed by atoms with van der Waals surface area (Å²) in [6, 6.07) is 1.91. The summed E-state index contributed by atoms with van der Waals surface area (Å²) in [5.41, 5.74) is 0.201. The van der Waals surface area contributed by atoms with Crippen LogP contribution in [0.1, 0.15) is 30.6 Å². The van der Waals surface area contributed by atoms with Crippen LogP contribution in [0.25, 0.3) is 0 Å². The standard InChI is InChI=1S/C12H15FN2O3/c1-7(2)9(5-11(16)17)15-12(18)8-3-4-10(13)14-6-8/h3-4,6-7,9H,5H2,1-2H3,(H,15,18)(H,16,17). The lowest BCUT2D eigenvalue weighted by molar-refractivity contribution is -0.137. The van der Waals surface area contributed by atoms with Gasteiger partial charge in [-0.15, -0.1) is 0 Å². The lowest BCUT2D eigenvalue weighted by Gasteiger charge is -2.20. The molecule has 98 valence electrons. The van der Waals surface area contributed by atoms with Crippen molar-refractivity contribution in [3.8, 4) is 0 Å². The number of carboxylic acid groups (broad SMARTS) is 1. The van der Waals surface area contributed by atoms with E-state index in [1.165, 1.54) is 6.07 Å². The highest BCUT2D eigenvalue weighted by Crippen LogP contribution is 2.08. The Bertz CT molecular complexity index is 431. The van der Waals surface area contributed by atoms with E-state index in [1.54, 1.807) is 0 Å². The van der Waals surface area contributed by atoms with Crippen molar-refractivity contribution in [3.05, 3.63) is 29.8 Å². The summed E-state index contributed by atoms with van der Waals surface area (Å²) < 4.78 is 12.6. The second-order valence-electron chi connectivity index (χ2n) is 4.29. The molecule has 1 rings (SSSR count). The maximum Gasteiger partial charge on any atom is 0.305 e. The zero-order valence-electron chi connectivity index (χ0n) is 10.2. The Labute approximate surface area is 104 Å². The summed E-state index contributed by atoms with van der Waals surface area (Å²) in [4.78, 5) is 25.8. The van der Waals surface area contributed by atoms with Gasteiger partial charge in [0.1, 0.15) is 0 Å². The fourth-order valence-electron chi connectivity index (χ4n) is 1.40. The van der Waals surface area contributed by atoms with Gasteiger partial charge < -0.3 is 10.4 Å².